The number of nitrogens with zero attached hydrogens (tertiary/aromatic N) is 1. The third-order valence-electron chi connectivity index (χ3n) is 2.14. The number of allylic oxidation sites excluding steroid dienone is 1. The van der Waals surface area contributed by atoms with Crippen molar-refractivity contribution in [1.82, 2.24) is 4.98 Å². The van der Waals surface area contributed by atoms with E-state index >= 15 is 0 Å². The first kappa shape index (κ1) is 12.0. The smallest absolute Gasteiger partial charge is 0.140 e. The first-order chi connectivity index (χ1) is 7.16. The van der Waals surface area contributed by atoms with Crippen molar-refractivity contribution in [2.75, 3.05) is 17.6 Å². The molecule has 0 aliphatic rings. The Hall–Kier alpha value is -1.03. The molecule has 0 aliphatic heterocycles. The molecule has 1 aromatic rings. The Bertz CT molecular complexity index is 361. The number of halogens is 1. The molecule has 0 aromatic carbocycles. The summed E-state index contributed by atoms with van der Waals surface area (Å²) in [5.74, 6) is 0.853. The van der Waals surface area contributed by atoms with Crippen LogP contribution in [0.3, 0.4) is 0 Å². The number of nitrogens with two attached hydrogens (primary N) is 1. The van der Waals surface area contributed by atoms with Gasteiger partial charge in [-0.3, -0.25) is 0 Å². The van der Waals surface area contributed by atoms with Gasteiger partial charge in [0.05, 0.1) is 16.4 Å². The second-order valence-corrected chi connectivity index (χ2v) is 4.08. The summed E-state index contributed by atoms with van der Waals surface area (Å²) in [5, 5.41) is 3.25. The summed E-state index contributed by atoms with van der Waals surface area (Å²) in [6, 6.07) is 0. The highest BCUT2D eigenvalue weighted by atomic mass is 79.9. The minimum Gasteiger partial charge on any atom is -0.397 e. The van der Waals surface area contributed by atoms with Crippen molar-refractivity contribution >= 4 is 27.4 Å². The molecule has 1 aromatic heterocycles. The van der Waals surface area contributed by atoms with Gasteiger partial charge in [-0.05, 0) is 41.8 Å². The minimum atomic E-state index is 0.709. The molecule has 0 spiro atoms. The lowest BCUT2D eigenvalue weighted by atomic mass is 10.2. The van der Waals surface area contributed by atoms with Crippen molar-refractivity contribution in [3.63, 3.8) is 0 Å². The van der Waals surface area contributed by atoms with Crippen LogP contribution in [0.4, 0.5) is 11.5 Å². The molecule has 0 amide bonds. The largest absolute Gasteiger partial charge is 0.397 e. The molecule has 0 saturated carbocycles. The summed E-state index contributed by atoms with van der Waals surface area (Å²) in [5.41, 5.74) is 7.47. The number of rotatable bonds is 4. The van der Waals surface area contributed by atoms with Gasteiger partial charge >= 0.3 is 0 Å². The molecule has 3 nitrogen and oxygen atoms in total. The van der Waals surface area contributed by atoms with Crippen LogP contribution in [-0.2, 0) is 0 Å². The summed E-state index contributed by atoms with van der Waals surface area (Å²) >= 11 is 3.48. The normalized spacial score (nSPS) is 10.9. The summed E-state index contributed by atoms with van der Waals surface area (Å²) in [6.45, 7) is 4.86. The van der Waals surface area contributed by atoms with E-state index < -0.39 is 0 Å². The molecule has 82 valence electrons. The van der Waals surface area contributed by atoms with Gasteiger partial charge in [0.25, 0.3) is 0 Å². The lowest BCUT2D eigenvalue weighted by Gasteiger charge is -2.09. The maximum absolute atomic E-state index is 5.73. The van der Waals surface area contributed by atoms with E-state index in [1.807, 2.05) is 19.9 Å². The van der Waals surface area contributed by atoms with Crippen molar-refractivity contribution < 1.29 is 0 Å². The fourth-order valence-corrected chi connectivity index (χ4v) is 1.63. The van der Waals surface area contributed by atoms with Crippen LogP contribution < -0.4 is 11.1 Å². The third kappa shape index (κ3) is 3.23. The second kappa shape index (κ2) is 5.75. The summed E-state index contributed by atoms with van der Waals surface area (Å²) in [7, 11) is 0. The van der Waals surface area contributed by atoms with E-state index in [0.717, 1.165) is 28.8 Å². The van der Waals surface area contributed by atoms with E-state index in [0.29, 0.717) is 5.69 Å². The third-order valence-corrected chi connectivity index (χ3v) is 3.11. The molecule has 0 fully saturated rings. The summed E-state index contributed by atoms with van der Waals surface area (Å²) in [4.78, 5) is 4.23. The zero-order chi connectivity index (χ0) is 11.3. The number of nitrogens with one attached hydrogen (secondary N) is 1. The van der Waals surface area contributed by atoms with Crippen LogP contribution in [0, 0.1) is 6.92 Å². The van der Waals surface area contributed by atoms with Gasteiger partial charge < -0.3 is 11.1 Å². The minimum absolute atomic E-state index is 0.709. The molecule has 3 N–H and O–H groups in total. The van der Waals surface area contributed by atoms with Gasteiger partial charge in [0, 0.05) is 6.54 Å². The van der Waals surface area contributed by atoms with Gasteiger partial charge in [0.15, 0.2) is 0 Å². The standard InChI is InChI=1S/C11H16BrN3/c1-3-4-5-6-14-11-10(12)8(2)9(13)7-15-11/h3-4,7H,5-6,13H2,1-2H3,(H,14,15)/b4-3+. The number of aromatic nitrogens is 1. The number of hydrogen-bond acceptors (Lipinski definition) is 3. The fourth-order valence-electron chi connectivity index (χ4n) is 1.16. The maximum atomic E-state index is 5.73. The predicted molar refractivity (Wildman–Crippen MR) is 69.0 cm³/mol. The van der Waals surface area contributed by atoms with E-state index in [9.17, 15) is 0 Å². The van der Waals surface area contributed by atoms with E-state index in [2.05, 4.69) is 32.3 Å². The molecule has 1 rings (SSSR count). The molecule has 15 heavy (non-hydrogen) atoms. The summed E-state index contributed by atoms with van der Waals surface area (Å²) < 4.78 is 0.947. The van der Waals surface area contributed by atoms with Crippen LogP contribution in [-0.4, -0.2) is 11.5 Å². The topological polar surface area (TPSA) is 50.9 Å². The van der Waals surface area contributed by atoms with Crippen LogP contribution in [0.15, 0.2) is 22.8 Å². The molecule has 0 saturated heterocycles. The Morgan fingerprint density at radius 2 is 2.33 bits per heavy atom. The quantitative estimate of drug-likeness (QED) is 0.653. The van der Waals surface area contributed by atoms with Gasteiger partial charge in [-0.25, -0.2) is 4.98 Å². The molecule has 0 radical (unpaired) electrons. The number of anilines is 2. The molecular formula is C11H16BrN3. The second-order valence-electron chi connectivity index (χ2n) is 3.29. The Kier molecular flexibility index (Phi) is 4.62. The van der Waals surface area contributed by atoms with Crippen LogP contribution in [0.1, 0.15) is 18.9 Å². The zero-order valence-corrected chi connectivity index (χ0v) is 10.6. The highest BCUT2D eigenvalue weighted by Gasteiger charge is 2.05. The fraction of sp³-hybridized carbons (Fsp3) is 0.364. The van der Waals surface area contributed by atoms with Gasteiger partial charge in [0.1, 0.15) is 5.82 Å². The predicted octanol–water partition coefficient (Wildman–Crippen LogP) is 3.11. The molecule has 0 bridgehead atoms. The number of hydrogen-bond donors (Lipinski definition) is 2. The first-order valence-corrected chi connectivity index (χ1v) is 5.71. The Balaban J connectivity index is 2.66. The van der Waals surface area contributed by atoms with E-state index in [-0.39, 0.29) is 0 Å². The van der Waals surface area contributed by atoms with Gasteiger partial charge in [0.2, 0.25) is 0 Å². The van der Waals surface area contributed by atoms with Crippen molar-refractivity contribution in [2.24, 2.45) is 0 Å². The Morgan fingerprint density at radius 1 is 1.60 bits per heavy atom. The van der Waals surface area contributed by atoms with Gasteiger partial charge in [-0.2, -0.15) is 0 Å². The van der Waals surface area contributed by atoms with Crippen molar-refractivity contribution in [1.29, 1.82) is 0 Å². The van der Waals surface area contributed by atoms with E-state index in [1.165, 1.54) is 0 Å². The number of pyridine rings is 1. The zero-order valence-electron chi connectivity index (χ0n) is 9.05. The van der Waals surface area contributed by atoms with Crippen molar-refractivity contribution in [3.05, 3.63) is 28.4 Å². The lowest BCUT2D eigenvalue weighted by Crippen LogP contribution is -2.05. The highest BCUT2D eigenvalue weighted by Crippen LogP contribution is 2.27. The average Bonchev–Trinajstić information content (AvgIpc) is 2.24. The molecule has 1 heterocycles. The highest BCUT2D eigenvalue weighted by molar-refractivity contribution is 9.10. The van der Waals surface area contributed by atoms with Crippen LogP contribution >= 0.6 is 15.9 Å². The van der Waals surface area contributed by atoms with Crippen LogP contribution in [0.2, 0.25) is 0 Å². The maximum Gasteiger partial charge on any atom is 0.140 e. The van der Waals surface area contributed by atoms with Crippen LogP contribution in [0.25, 0.3) is 0 Å². The number of nitrogen functional groups attached to an aromatic ring is 1. The molecular weight excluding hydrogens is 254 g/mol. The van der Waals surface area contributed by atoms with E-state index in [4.69, 9.17) is 5.73 Å². The summed E-state index contributed by atoms with van der Waals surface area (Å²) in [6.07, 6.45) is 6.83. The van der Waals surface area contributed by atoms with Gasteiger partial charge in [-0.15, -0.1) is 0 Å². The monoisotopic (exact) mass is 269 g/mol. The van der Waals surface area contributed by atoms with E-state index in [1.54, 1.807) is 6.20 Å². The molecule has 0 atom stereocenters. The molecule has 0 aliphatic carbocycles. The SMILES string of the molecule is C/C=C/CCNc1ncc(N)c(C)c1Br. The lowest BCUT2D eigenvalue weighted by molar-refractivity contribution is 1.04. The van der Waals surface area contributed by atoms with Crippen LogP contribution in [0.5, 0.6) is 0 Å². The average molecular weight is 270 g/mol. The molecule has 0 unspecified atom stereocenters. The Labute approximate surface area is 98.9 Å². The van der Waals surface area contributed by atoms with Crippen molar-refractivity contribution in [2.45, 2.75) is 20.3 Å². The van der Waals surface area contributed by atoms with Crippen molar-refractivity contribution in [3.8, 4) is 0 Å². The van der Waals surface area contributed by atoms with Gasteiger partial charge in [-0.1, -0.05) is 12.2 Å². The Morgan fingerprint density at radius 3 is 3.00 bits per heavy atom. The first-order valence-electron chi connectivity index (χ1n) is 4.92. The molecule has 4 heteroatoms.